The minimum atomic E-state index is -0.578. The molecular formula is C12H25NO. The Hall–Kier alpha value is -0.0800. The van der Waals surface area contributed by atoms with Crippen LogP contribution in [0.3, 0.4) is 0 Å². The maximum Gasteiger partial charge on any atom is 0.0685 e. The first-order valence-electron chi connectivity index (χ1n) is 5.94. The lowest BCUT2D eigenvalue weighted by molar-refractivity contribution is -0.0678. The zero-order valence-corrected chi connectivity index (χ0v) is 9.84. The van der Waals surface area contributed by atoms with Crippen molar-refractivity contribution in [1.29, 1.82) is 0 Å². The van der Waals surface area contributed by atoms with Crippen LogP contribution in [0, 0.1) is 11.3 Å². The van der Waals surface area contributed by atoms with Crippen LogP contribution in [0.25, 0.3) is 0 Å². The summed E-state index contributed by atoms with van der Waals surface area (Å²) in [5.74, 6) is 0.775. The molecule has 0 heterocycles. The molecule has 84 valence electrons. The van der Waals surface area contributed by atoms with Crippen molar-refractivity contribution in [2.45, 2.75) is 58.5 Å². The van der Waals surface area contributed by atoms with Gasteiger partial charge in [0.15, 0.2) is 0 Å². The molecule has 0 aromatic rings. The summed E-state index contributed by atoms with van der Waals surface area (Å²) in [5.41, 5.74) is 5.30. The molecule has 0 aliphatic heterocycles. The Bertz CT molecular complexity index is 191. The van der Waals surface area contributed by atoms with Crippen molar-refractivity contribution in [3.8, 4) is 0 Å². The van der Waals surface area contributed by atoms with Crippen molar-refractivity contribution in [2.75, 3.05) is 6.54 Å². The van der Waals surface area contributed by atoms with Crippen molar-refractivity contribution in [1.82, 2.24) is 0 Å². The SMILES string of the molecule is CCC1CCC(CN)(C(C)(O)CC)C1. The number of nitrogens with two attached hydrogens (primary N) is 1. The summed E-state index contributed by atoms with van der Waals surface area (Å²) in [6.45, 7) is 6.87. The molecule has 2 nitrogen and oxygen atoms in total. The summed E-state index contributed by atoms with van der Waals surface area (Å²) in [6, 6.07) is 0. The van der Waals surface area contributed by atoms with Crippen molar-refractivity contribution in [2.24, 2.45) is 17.1 Å². The van der Waals surface area contributed by atoms with Gasteiger partial charge >= 0.3 is 0 Å². The quantitative estimate of drug-likeness (QED) is 0.730. The molecule has 0 saturated heterocycles. The lowest BCUT2D eigenvalue weighted by Crippen LogP contribution is -2.48. The Labute approximate surface area is 87.9 Å². The van der Waals surface area contributed by atoms with Gasteiger partial charge in [0.05, 0.1) is 5.60 Å². The standard InChI is InChI=1S/C12H25NO/c1-4-10-6-7-12(8-10,9-13)11(3,14)5-2/h10,14H,4-9,13H2,1-3H3. The molecule has 14 heavy (non-hydrogen) atoms. The van der Waals surface area contributed by atoms with E-state index in [0.29, 0.717) is 6.54 Å². The van der Waals surface area contributed by atoms with E-state index in [9.17, 15) is 5.11 Å². The maximum atomic E-state index is 10.4. The fraction of sp³-hybridized carbons (Fsp3) is 1.00. The molecular weight excluding hydrogens is 174 g/mol. The molecule has 0 spiro atoms. The molecule has 1 saturated carbocycles. The van der Waals surface area contributed by atoms with Crippen LogP contribution >= 0.6 is 0 Å². The first kappa shape index (κ1) is 12.0. The molecule has 1 fully saturated rings. The molecule has 1 aliphatic rings. The number of rotatable bonds is 4. The van der Waals surface area contributed by atoms with Gasteiger partial charge in [0.1, 0.15) is 0 Å². The van der Waals surface area contributed by atoms with Crippen LogP contribution in [0.1, 0.15) is 52.9 Å². The van der Waals surface area contributed by atoms with Crippen LogP contribution in [0.2, 0.25) is 0 Å². The zero-order valence-electron chi connectivity index (χ0n) is 9.84. The molecule has 1 rings (SSSR count). The Morgan fingerprint density at radius 2 is 2.14 bits per heavy atom. The molecule has 0 radical (unpaired) electrons. The molecule has 3 unspecified atom stereocenters. The monoisotopic (exact) mass is 199 g/mol. The van der Waals surface area contributed by atoms with Crippen LogP contribution in [-0.4, -0.2) is 17.3 Å². The third kappa shape index (κ3) is 1.82. The second kappa shape index (κ2) is 4.19. The Balaban J connectivity index is 2.79. The Morgan fingerprint density at radius 3 is 2.50 bits per heavy atom. The van der Waals surface area contributed by atoms with Crippen molar-refractivity contribution in [3.05, 3.63) is 0 Å². The van der Waals surface area contributed by atoms with Crippen LogP contribution in [-0.2, 0) is 0 Å². The molecule has 3 N–H and O–H groups in total. The Morgan fingerprint density at radius 1 is 1.50 bits per heavy atom. The first-order valence-corrected chi connectivity index (χ1v) is 5.94. The summed E-state index contributed by atoms with van der Waals surface area (Å²) in [6.07, 6.45) is 5.48. The van der Waals surface area contributed by atoms with Gasteiger partial charge in [-0.25, -0.2) is 0 Å². The predicted molar refractivity (Wildman–Crippen MR) is 60.0 cm³/mol. The highest BCUT2D eigenvalue weighted by atomic mass is 16.3. The van der Waals surface area contributed by atoms with Gasteiger partial charge in [0, 0.05) is 12.0 Å². The normalized spacial score (nSPS) is 37.1. The minimum absolute atomic E-state index is 0.0115. The average Bonchev–Trinajstić information content (AvgIpc) is 2.63. The van der Waals surface area contributed by atoms with Crippen molar-refractivity contribution in [3.63, 3.8) is 0 Å². The molecule has 3 atom stereocenters. The summed E-state index contributed by atoms with van der Waals surface area (Å²) in [5, 5.41) is 10.4. The lowest BCUT2D eigenvalue weighted by atomic mass is 9.69. The van der Waals surface area contributed by atoms with E-state index in [1.54, 1.807) is 0 Å². The highest BCUT2D eigenvalue weighted by Gasteiger charge is 2.49. The van der Waals surface area contributed by atoms with Crippen LogP contribution in [0.15, 0.2) is 0 Å². The van der Waals surface area contributed by atoms with Crippen LogP contribution in [0.5, 0.6) is 0 Å². The van der Waals surface area contributed by atoms with Gasteiger partial charge < -0.3 is 10.8 Å². The van der Waals surface area contributed by atoms with Crippen molar-refractivity contribution >= 4 is 0 Å². The second-order valence-corrected chi connectivity index (χ2v) is 5.13. The molecule has 1 aliphatic carbocycles. The van der Waals surface area contributed by atoms with Gasteiger partial charge in [0.2, 0.25) is 0 Å². The molecule has 2 heteroatoms. The van der Waals surface area contributed by atoms with Crippen molar-refractivity contribution < 1.29 is 5.11 Å². The third-order valence-corrected chi connectivity index (χ3v) is 4.51. The highest BCUT2D eigenvalue weighted by Crippen LogP contribution is 2.50. The third-order valence-electron chi connectivity index (χ3n) is 4.51. The average molecular weight is 199 g/mol. The van der Waals surface area contributed by atoms with E-state index in [1.165, 1.54) is 12.8 Å². The Kier molecular flexibility index (Phi) is 3.59. The fourth-order valence-corrected chi connectivity index (χ4v) is 2.86. The minimum Gasteiger partial charge on any atom is -0.390 e. The van der Waals surface area contributed by atoms with Gasteiger partial charge in [-0.15, -0.1) is 0 Å². The largest absolute Gasteiger partial charge is 0.390 e. The van der Waals surface area contributed by atoms with E-state index in [4.69, 9.17) is 5.73 Å². The van der Waals surface area contributed by atoms with Crippen LogP contribution in [0.4, 0.5) is 0 Å². The fourth-order valence-electron chi connectivity index (χ4n) is 2.86. The van der Waals surface area contributed by atoms with Crippen LogP contribution < -0.4 is 5.73 Å². The predicted octanol–water partition coefficient (Wildman–Crippen LogP) is 2.30. The van der Waals surface area contributed by atoms with E-state index < -0.39 is 5.60 Å². The van der Waals surface area contributed by atoms with E-state index in [-0.39, 0.29) is 5.41 Å². The number of hydrogen-bond donors (Lipinski definition) is 2. The van der Waals surface area contributed by atoms with Gasteiger partial charge in [-0.2, -0.15) is 0 Å². The van der Waals surface area contributed by atoms with Gasteiger partial charge in [-0.1, -0.05) is 20.3 Å². The number of aliphatic hydroxyl groups is 1. The maximum absolute atomic E-state index is 10.4. The van der Waals surface area contributed by atoms with E-state index in [1.807, 2.05) is 6.92 Å². The van der Waals surface area contributed by atoms with E-state index >= 15 is 0 Å². The second-order valence-electron chi connectivity index (χ2n) is 5.13. The lowest BCUT2D eigenvalue weighted by Gasteiger charge is -2.42. The number of hydrogen-bond acceptors (Lipinski definition) is 2. The highest BCUT2D eigenvalue weighted by molar-refractivity contribution is 5.01. The summed E-state index contributed by atoms with van der Waals surface area (Å²) in [7, 11) is 0. The van der Waals surface area contributed by atoms with Gasteiger partial charge in [-0.05, 0) is 38.5 Å². The molecule has 0 bridgehead atoms. The molecule has 0 amide bonds. The zero-order chi connectivity index (χ0) is 10.8. The summed E-state index contributed by atoms with van der Waals surface area (Å²) in [4.78, 5) is 0. The van der Waals surface area contributed by atoms with E-state index in [2.05, 4.69) is 13.8 Å². The molecule has 0 aromatic carbocycles. The summed E-state index contributed by atoms with van der Waals surface area (Å²) >= 11 is 0. The summed E-state index contributed by atoms with van der Waals surface area (Å²) < 4.78 is 0. The van der Waals surface area contributed by atoms with Gasteiger partial charge in [-0.3, -0.25) is 0 Å². The van der Waals surface area contributed by atoms with Gasteiger partial charge in [0.25, 0.3) is 0 Å². The van der Waals surface area contributed by atoms with E-state index in [0.717, 1.165) is 25.2 Å². The first-order chi connectivity index (χ1) is 6.51. The smallest absolute Gasteiger partial charge is 0.0685 e. The topological polar surface area (TPSA) is 46.2 Å². The molecule has 0 aromatic heterocycles.